The maximum atomic E-state index is 13.5. The van der Waals surface area contributed by atoms with Crippen molar-refractivity contribution in [2.45, 2.75) is 37.1 Å². The molecule has 0 N–H and O–H groups in total. The van der Waals surface area contributed by atoms with Crippen molar-refractivity contribution in [1.29, 1.82) is 0 Å². The number of hydrogen-bond donors (Lipinski definition) is 0. The molecule has 7 rings (SSSR count). The molecule has 0 radical (unpaired) electrons. The van der Waals surface area contributed by atoms with E-state index in [0.717, 1.165) is 16.5 Å². The van der Waals surface area contributed by atoms with Gasteiger partial charge in [0.2, 0.25) is 0 Å². The molecular weight excluding hydrogens is 464 g/mol. The van der Waals surface area contributed by atoms with E-state index < -0.39 is 10.0 Å². The molecule has 0 spiro atoms. The van der Waals surface area contributed by atoms with Crippen molar-refractivity contribution in [2.75, 3.05) is 0 Å². The van der Waals surface area contributed by atoms with Gasteiger partial charge in [-0.15, -0.1) is 0 Å². The first-order valence-electron chi connectivity index (χ1n) is 11.7. The summed E-state index contributed by atoms with van der Waals surface area (Å²) >= 11 is 0. The first-order valence-corrected chi connectivity index (χ1v) is 13.2. The van der Waals surface area contributed by atoms with Crippen LogP contribution in [-0.4, -0.2) is 33.2 Å². The lowest BCUT2D eigenvalue weighted by molar-refractivity contribution is 0.110. The predicted octanol–water partition coefficient (Wildman–Crippen LogP) is 4.97. The van der Waals surface area contributed by atoms with Gasteiger partial charge in [0, 0.05) is 17.6 Å². The molecule has 8 nitrogen and oxygen atoms in total. The molecule has 3 atom stereocenters. The lowest BCUT2D eigenvalue weighted by atomic mass is 10.2. The third-order valence-corrected chi connectivity index (χ3v) is 9.21. The van der Waals surface area contributed by atoms with Crippen LogP contribution in [0.1, 0.15) is 41.4 Å². The number of benzene rings is 1. The Morgan fingerprint density at radius 2 is 1.83 bits per heavy atom. The smallest absolute Gasteiger partial charge is 0.269 e. The van der Waals surface area contributed by atoms with Crippen LogP contribution in [0, 0.1) is 18.8 Å². The summed E-state index contributed by atoms with van der Waals surface area (Å²) < 4.78 is 36.1. The van der Waals surface area contributed by atoms with Crippen molar-refractivity contribution in [3.05, 3.63) is 66.2 Å². The van der Waals surface area contributed by atoms with Gasteiger partial charge in [-0.2, -0.15) is 0 Å². The van der Waals surface area contributed by atoms with Gasteiger partial charge < -0.3 is 8.98 Å². The molecule has 2 fully saturated rings. The van der Waals surface area contributed by atoms with Crippen molar-refractivity contribution in [3.63, 3.8) is 0 Å². The number of rotatable bonds is 5. The molecule has 2 aliphatic rings. The second-order valence-corrected chi connectivity index (χ2v) is 11.3. The third-order valence-electron chi connectivity index (χ3n) is 7.53. The molecule has 0 aliphatic heterocycles. The maximum absolute atomic E-state index is 13.5. The highest BCUT2D eigenvalue weighted by molar-refractivity contribution is 7.90. The Kier molecular flexibility index (Phi) is 4.21. The molecule has 0 bridgehead atoms. The number of nitrogens with zero attached hydrogens (tertiary/aromatic N) is 4. The van der Waals surface area contributed by atoms with Gasteiger partial charge in [0.05, 0.1) is 16.6 Å². The number of pyridine rings is 1. The summed E-state index contributed by atoms with van der Waals surface area (Å²) in [4.78, 5) is 20.8. The first-order chi connectivity index (χ1) is 17.0. The fourth-order valence-corrected chi connectivity index (χ4v) is 7.13. The average molecular weight is 487 g/mol. The number of carbonyl (C=O) groups excluding carboxylic acids is 1. The Hall–Kier alpha value is -3.72. The van der Waals surface area contributed by atoms with Crippen molar-refractivity contribution in [3.8, 4) is 11.6 Å². The summed E-state index contributed by atoms with van der Waals surface area (Å²) in [7, 11) is -3.82. The summed E-state index contributed by atoms with van der Waals surface area (Å²) in [6.45, 7) is 1.92. The van der Waals surface area contributed by atoms with Crippen LogP contribution in [0.3, 0.4) is 0 Å². The van der Waals surface area contributed by atoms with Gasteiger partial charge in [-0.1, -0.05) is 24.1 Å². The molecule has 5 aromatic rings. The van der Waals surface area contributed by atoms with Crippen LogP contribution < -0.4 is 0 Å². The standard InChI is InChI=1S/C26H22N4O4S/c1-15-5-8-17(9-6-15)35(32,33)29-12-11-20-24-21(13-27-25(20)29)28-26(22-10-7-16(14-31)34-22)30(24)23-18-3-2-4-19(18)23/h5-14,18-19,23H,2-4H2,1H3/t18-,19+,23?. The van der Waals surface area contributed by atoms with Gasteiger partial charge >= 0.3 is 0 Å². The summed E-state index contributed by atoms with van der Waals surface area (Å²) in [5, 5.41) is 0.726. The fourth-order valence-electron chi connectivity index (χ4n) is 5.83. The van der Waals surface area contributed by atoms with Gasteiger partial charge in [0.25, 0.3) is 10.0 Å². The third kappa shape index (κ3) is 2.91. The molecular formula is C26H22N4O4S. The number of fused-ring (bicyclic) bond motifs is 4. The van der Waals surface area contributed by atoms with E-state index in [1.54, 1.807) is 54.9 Å². The summed E-state index contributed by atoms with van der Waals surface area (Å²) in [5.74, 6) is 2.57. The van der Waals surface area contributed by atoms with Gasteiger partial charge in [-0.25, -0.2) is 22.4 Å². The average Bonchev–Trinajstić information content (AvgIpc) is 3.44. The molecule has 0 amide bonds. The Balaban J connectivity index is 1.47. The van der Waals surface area contributed by atoms with E-state index >= 15 is 0 Å². The number of imidazole rings is 1. The van der Waals surface area contributed by atoms with E-state index in [1.165, 1.54) is 23.2 Å². The minimum absolute atomic E-state index is 0.213. The molecule has 35 heavy (non-hydrogen) atoms. The SMILES string of the molecule is Cc1ccc(S(=O)(=O)n2ccc3c2ncc2nc(-c4ccc(C=O)o4)n(C4[C@H]5CCC[C@@H]45)c23)cc1. The van der Waals surface area contributed by atoms with Gasteiger partial charge in [-0.05, 0) is 61.9 Å². The Labute approximate surface area is 201 Å². The summed E-state index contributed by atoms with van der Waals surface area (Å²) in [5.41, 5.74) is 2.88. The molecule has 9 heteroatoms. The number of aromatic nitrogens is 4. The lowest BCUT2D eigenvalue weighted by Gasteiger charge is -2.11. The van der Waals surface area contributed by atoms with Crippen molar-refractivity contribution in [1.82, 2.24) is 18.5 Å². The zero-order chi connectivity index (χ0) is 23.9. The largest absolute Gasteiger partial charge is 0.450 e. The maximum Gasteiger partial charge on any atom is 0.269 e. The first kappa shape index (κ1) is 20.6. The van der Waals surface area contributed by atoms with Crippen LogP contribution in [0.5, 0.6) is 0 Å². The Morgan fingerprint density at radius 1 is 1.06 bits per heavy atom. The molecule has 4 heterocycles. The van der Waals surface area contributed by atoms with Crippen molar-refractivity contribution in [2.24, 2.45) is 11.8 Å². The summed E-state index contributed by atoms with van der Waals surface area (Å²) in [6.07, 6.45) is 7.44. The molecule has 1 aromatic carbocycles. The van der Waals surface area contributed by atoms with Crippen LogP contribution in [0.2, 0.25) is 0 Å². The zero-order valence-electron chi connectivity index (χ0n) is 19.0. The van der Waals surface area contributed by atoms with E-state index in [2.05, 4.69) is 9.55 Å². The predicted molar refractivity (Wildman–Crippen MR) is 130 cm³/mol. The quantitative estimate of drug-likeness (QED) is 0.325. The Bertz CT molecular complexity index is 1730. The van der Waals surface area contributed by atoms with Gasteiger partial charge in [0.1, 0.15) is 5.52 Å². The second kappa shape index (κ2) is 7.14. The topological polar surface area (TPSA) is 100.0 Å². The second-order valence-electron chi connectivity index (χ2n) is 9.53. The van der Waals surface area contributed by atoms with E-state index in [4.69, 9.17) is 9.40 Å². The van der Waals surface area contributed by atoms with Crippen molar-refractivity contribution >= 4 is 38.4 Å². The summed E-state index contributed by atoms with van der Waals surface area (Å²) in [6, 6.07) is 12.3. The number of aryl methyl sites for hydroxylation is 1. The molecule has 0 saturated heterocycles. The van der Waals surface area contributed by atoms with Crippen molar-refractivity contribution < 1.29 is 17.6 Å². The normalized spacial score (nSPS) is 21.6. The number of hydrogen-bond acceptors (Lipinski definition) is 6. The number of carbonyl (C=O) groups is 1. The molecule has 2 aliphatic carbocycles. The lowest BCUT2D eigenvalue weighted by Crippen LogP contribution is -2.12. The number of furan rings is 1. The fraction of sp³-hybridized carbons (Fsp3) is 0.269. The van der Waals surface area contributed by atoms with E-state index in [9.17, 15) is 13.2 Å². The molecule has 1 unspecified atom stereocenters. The minimum atomic E-state index is -3.82. The van der Waals surface area contributed by atoms with E-state index in [1.807, 2.05) is 6.92 Å². The minimum Gasteiger partial charge on any atom is -0.450 e. The Morgan fingerprint density at radius 3 is 2.54 bits per heavy atom. The van der Waals surface area contributed by atoms with Gasteiger partial charge in [-0.3, -0.25) is 4.79 Å². The van der Waals surface area contributed by atoms with Crippen LogP contribution in [-0.2, 0) is 10.0 Å². The van der Waals surface area contributed by atoms with Crippen LogP contribution in [0.25, 0.3) is 33.7 Å². The highest BCUT2D eigenvalue weighted by Crippen LogP contribution is 2.62. The highest BCUT2D eigenvalue weighted by Gasteiger charge is 2.55. The zero-order valence-corrected chi connectivity index (χ0v) is 19.8. The van der Waals surface area contributed by atoms with Crippen LogP contribution >= 0.6 is 0 Å². The number of aldehydes is 1. The van der Waals surface area contributed by atoms with Gasteiger partial charge in [0.15, 0.2) is 29.3 Å². The highest BCUT2D eigenvalue weighted by atomic mass is 32.2. The van der Waals surface area contributed by atoms with Crippen LogP contribution in [0.4, 0.5) is 0 Å². The van der Waals surface area contributed by atoms with E-state index in [-0.39, 0.29) is 16.7 Å². The molecule has 176 valence electrons. The van der Waals surface area contributed by atoms with Crippen LogP contribution in [0.15, 0.2) is 64.2 Å². The molecule has 2 saturated carbocycles. The monoisotopic (exact) mass is 486 g/mol. The molecule has 4 aromatic heterocycles. The van der Waals surface area contributed by atoms with E-state index in [0.29, 0.717) is 40.9 Å².